The van der Waals surface area contributed by atoms with E-state index in [1.807, 2.05) is 36.1 Å². The van der Waals surface area contributed by atoms with Gasteiger partial charge in [-0.2, -0.15) is 0 Å². The summed E-state index contributed by atoms with van der Waals surface area (Å²) in [5.41, 5.74) is 2.94. The third-order valence-electron chi connectivity index (χ3n) is 5.89. The summed E-state index contributed by atoms with van der Waals surface area (Å²) in [6, 6.07) is 12.5. The van der Waals surface area contributed by atoms with Crippen LogP contribution in [0, 0.1) is 12.8 Å². The maximum absolute atomic E-state index is 13.6. The van der Waals surface area contributed by atoms with Crippen molar-refractivity contribution in [3.8, 4) is 5.75 Å². The van der Waals surface area contributed by atoms with Crippen LogP contribution in [-0.2, 0) is 9.59 Å². The molecule has 0 spiro atoms. The molecule has 1 fully saturated rings. The molecule has 6 nitrogen and oxygen atoms in total. The Labute approximate surface area is 186 Å². The van der Waals surface area contributed by atoms with Gasteiger partial charge in [0.1, 0.15) is 11.4 Å². The molecule has 0 aliphatic carbocycles. The van der Waals surface area contributed by atoms with E-state index in [2.05, 4.69) is 0 Å². The number of nitrogens with zero attached hydrogens (tertiary/aromatic N) is 2. The number of ether oxygens (including phenoxy) is 1. The molecule has 0 radical (unpaired) electrons. The zero-order valence-corrected chi connectivity index (χ0v) is 18.4. The first kappa shape index (κ1) is 21.4. The standard InChI is InChI=1S/C24H25ClN2O4/c1-15-5-7-17(8-6-15)21-22(26-11-3-4-16(13-26)14-28)24(30)27(23(21)29)18-9-10-20(31-2)19(25)12-18/h5-10,12,16,28H,3-4,11,13-14H2,1-2H3. The maximum Gasteiger partial charge on any atom is 0.282 e. The Bertz CT molecular complexity index is 1050. The van der Waals surface area contributed by atoms with Crippen molar-refractivity contribution in [3.05, 3.63) is 64.3 Å². The molecule has 31 heavy (non-hydrogen) atoms. The molecule has 1 atom stereocenters. The fraction of sp³-hybridized carbons (Fsp3) is 0.333. The summed E-state index contributed by atoms with van der Waals surface area (Å²) < 4.78 is 5.20. The summed E-state index contributed by atoms with van der Waals surface area (Å²) in [5, 5.41) is 9.98. The number of carbonyl (C=O) groups excluding carboxylic acids is 2. The van der Waals surface area contributed by atoms with E-state index >= 15 is 0 Å². The number of hydrogen-bond acceptors (Lipinski definition) is 5. The van der Waals surface area contributed by atoms with Gasteiger partial charge in [-0.05, 0) is 49.4 Å². The maximum atomic E-state index is 13.6. The number of likely N-dealkylation sites (tertiary alicyclic amines) is 1. The van der Waals surface area contributed by atoms with E-state index in [1.54, 1.807) is 18.2 Å². The molecule has 1 saturated heterocycles. The molecule has 0 saturated carbocycles. The number of aliphatic hydroxyl groups is 1. The molecule has 1 unspecified atom stereocenters. The van der Waals surface area contributed by atoms with Gasteiger partial charge in [0, 0.05) is 19.7 Å². The first-order valence-electron chi connectivity index (χ1n) is 10.3. The minimum atomic E-state index is -0.379. The summed E-state index contributed by atoms with van der Waals surface area (Å²) in [6.45, 7) is 3.24. The highest BCUT2D eigenvalue weighted by atomic mass is 35.5. The van der Waals surface area contributed by atoms with E-state index in [4.69, 9.17) is 16.3 Å². The van der Waals surface area contributed by atoms with Crippen molar-refractivity contribution in [1.82, 2.24) is 4.90 Å². The molecule has 1 N–H and O–H groups in total. The van der Waals surface area contributed by atoms with Crippen molar-refractivity contribution < 1.29 is 19.4 Å². The van der Waals surface area contributed by atoms with Crippen molar-refractivity contribution in [2.24, 2.45) is 5.92 Å². The fourth-order valence-electron chi connectivity index (χ4n) is 4.24. The highest BCUT2D eigenvalue weighted by molar-refractivity contribution is 6.45. The van der Waals surface area contributed by atoms with Gasteiger partial charge in [-0.25, -0.2) is 4.90 Å². The number of methoxy groups -OCH3 is 1. The number of carbonyl (C=O) groups is 2. The lowest BCUT2D eigenvalue weighted by atomic mass is 9.96. The zero-order chi connectivity index (χ0) is 22.1. The van der Waals surface area contributed by atoms with Gasteiger partial charge in [-0.15, -0.1) is 0 Å². The van der Waals surface area contributed by atoms with Gasteiger partial charge in [0.2, 0.25) is 0 Å². The fourth-order valence-corrected chi connectivity index (χ4v) is 4.49. The number of halogens is 1. The van der Waals surface area contributed by atoms with Crippen molar-refractivity contribution in [2.45, 2.75) is 19.8 Å². The van der Waals surface area contributed by atoms with Crippen molar-refractivity contribution in [2.75, 3.05) is 31.7 Å². The van der Waals surface area contributed by atoms with Crippen molar-refractivity contribution >= 4 is 34.7 Å². The topological polar surface area (TPSA) is 70.1 Å². The molecule has 2 aliphatic heterocycles. The number of amides is 2. The highest BCUT2D eigenvalue weighted by Gasteiger charge is 2.43. The lowest BCUT2D eigenvalue weighted by Crippen LogP contribution is -2.40. The summed E-state index contributed by atoms with van der Waals surface area (Å²) in [6.07, 6.45) is 1.76. The molecule has 2 aliphatic rings. The van der Waals surface area contributed by atoms with E-state index in [0.29, 0.717) is 46.4 Å². The molecule has 4 rings (SSSR count). The van der Waals surface area contributed by atoms with Crippen LogP contribution in [0.4, 0.5) is 5.69 Å². The van der Waals surface area contributed by atoms with Crippen LogP contribution in [0.15, 0.2) is 48.2 Å². The Kier molecular flexibility index (Phi) is 6.03. The minimum absolute atomic E-state index is 0.0591. The molecule has 2 amide bonds. The van der Waals surface area contributed by atoms with Crippen LogP contribution < -0.4 is 9.64 Å². The van der Waals surface area contributed by atoms with Crippen molar-refractivity contribution in [3.63, 3.8) is 0 Å². The van der Waals surface area contributed by atoms with E-state index in [9.17, 15) is 14.7 Å². The second kappa shape index (κ2) is 8.73. The summed E-state index contributed by atoms with van der Waals surface area (Å²) in [5.74, 6) is -0.206. The first-order valence-corrected chi connectivity index (χ1v) is 10.7. The Morgan fingerprint density at radius 1 is 1.13 bits per heavy atom. The summed E-state index contributed by atoms with van der Waals surface area (Å²) in [4.78, 5) is 30.3. The van der Waals surface area contributed by atoms with E-state index in [1.165, 1.54) is 12.0 Å². The number of hydrogen-bond donors (Lipinski definition) is 1. The van der Waals surface area contributed by atoms with Crippen LogP contribution in [0.25, 0.3) is 5.57 Å². The SMILES string of the molecule is COc1ccc(N2C(=O)C(c3ccc(C)cc3)=C(N3CCCC(CO)C3)C2=O)cc1Cl. The number of anilines is 1. The molecular weight excluding hydrogens is 416 g/mol. The van der Waals surface area contributed by atoms with Gasteiger partial charge in [0.05, 0.1) is 23.4 Å². The predicted molar refractivity (Wildman–Crippen MR) is 120 cm³/mol. The number of aryl methyl sites for hydroxylation is 1. The number of benzene rings is 2. The molecule has 2 heterocycles. The number of rotatable bonds is 5. The molecule has 7 heteroatoms. The zero-order valence-electron chi connectivity index (χ0n) is 17.6. The van der Waals surface area contributed by atoms with Gasteiger partial charge in [-0.1, -0.05) is 41.4 Å². The van der Waals surface area contributed by atoms with Crippen LogP contribution >= 0.6 is 11.6 Å². The van der Waals surface area contributed by atoms with Crippen LogP contribution in [0.3, 0.4) is 0 Å². The smallest absolute Gasteiger partial charge is 0.282 e. The van der Waals surface area contributed by atoms with Gasteiger partial charge in [0.15, 0.2) is 0 Å². The Morgan fingerprint density at radius 3 is 2.52 bits per heavy atom. The number of piperidine rings is 1. The van der Waals surface area contributed by atoms with Crippen LogP contribution in [0.5, 0.6) is 5.75 Å². The third-order valence-corrected chi connectivity index (χ3v) is 6.18. The van der Waals surface area contributed by atoms with Crippen LogP contribution in [-0.4, -0.2) is 48.6 Å². The van der Waals surface area contributed by atoms with Gasteiger partial charge < -0.3 is 14.7 Å². The van der Waals surface area contributed by atoms with E-state index in [-0.39, 0.29) is 24.3 Å². The van der Waals surface area contributed by atoms with E-state index < -0.39 is 0 Å². The molecule has 2 aromatic carbocycles. The van der Waals surface area contributed by atoms with Gasteiger partial charge in [0.25, 0.3) is 11.8 Å². The van der Waals surface area contributed by atoms with Crippen molar-refractivity contribution in [1.29, 1.82) is 0 Å². The number of imide groups is 1. The quantitative estimate of drug-likeness (QED) is 0.719. The normalized spacial score (nSPS) is 19.4. The largest absolute Gasteiger partial charge is 0.495 e. The molecular formula is C24H25ClN2O4. The van der Waals surface area contributed by atoms with E-state index in [0.717, 1.165) is 18.4 Å². The Morgan fingerprint density at radius 2 is 1.87 bits per heavy atom. The van der Waals surface area contributed by atoms with Crippen LogP contribution in [0.2, 0.25) is 5.02 Å². The molecule has 0 aromatic heterocycles. The van der Waals surface area contributed by atoms with Crippen LogP contribution in [0.1, 0.15) is 24.0 Å². The third kappa shape index (κ3) is 3.93. The minimum Gasteiger partial charge on any atom is -0.495 e. The Hall–Kier alpha value is -2.83. The van der Waals surface area contributed by atoms with Gasteiger partial charge >= 0.3 is 0 Å². The predicted octanol–water partition coefficient (Wildman–Crippen LogP) is 3.65. The molecule has 0 bridgehead atoms. The average molecular weight is 441 g/mol. The monoisotopic (exact) mass is 440 g/mol. The summed E-state index contributed by atoms with van der Waals surface area (Å²) in [7, 11) is 1.51. The summed E-state index contributed by atoms with van der Waals surface area (Å²) >= 11 is 6.27. The lowest BCUT2D eigenvalue weighted by Gasteiger charge is -2.34. The Balaban J connectivity index is 1.80. The number of aliphatic hydroxyl groups excluding tert-OH is 1. The second-order valence-corrected chi connectivity index (χ2v) is 8.40. The lowest BCUT2D eigenvalue weighted by molar-refractivity contribution is -0.120. The first-order chi connectivity index (χ1) is 14.9. The second-order valence-electron chi connectivity index (χ2n) is 7.99. The highest BCUT2D eigenvalue weighted by Crippen LogP contribution is 2.38. The molecule has 162 valence electrons. The molecule has 2 aromatic rings. The average Bonchev–Trinajstić information content (AvgIpc) is 3.04. The van der Waals surface area contributed by atoms with Gasteiger partial charge in [-0.3, -0.25) is 9.59 Å².